The number of carbonyl (C=O) groups excluding carboxylic acids is 2. The number of carbonyl (C=O) groups is 2. The number of aryl methyl sites for hydroxylation is 1. The predicted molar refractivity (Wildman–Crippen MR) is 102 cm³/mol. The molecule has 0 saturated heterocycles. The number of nitrogen functional groups attached to an aromatic ring is 1. The number of nitrogens with two attached hydrogens (primary N) is 1. The molecule has 0 aromatic carbocycles. The number of nitrogens with one attached hydrogen (secondary N) is 1. The van der Waals surface area contributed by atoms with Gasteiger partial charge in [0, 0.05) is 23.7 Å². The molecule has 3 rings (SSSR count). The highest BCUT2D eigenvalue weighted by atomic mass is 16.6. The minimum Gasteiger partial charge on any atom is -0.496 e. The number of fused-ring (bicyclic) bond motifs is 1. The average Bonchev–Trinajstić information content (AvgIpc) is 2.67. The molecular weight excluding hydrogens is 364 g/mol. The molecule has 0 radical (unpaired) electrons. The van der Waals surface area contributed by atoms with Crippen LogP contribution in [-0.2, 0) is 20.9 Å². The Morgan fingerprint density at radius 3 is 2.75 bits per heavy atom. The Hall–Kier alpha value is -3.43. The zero-order valence-electron chi connectivity index (χ0n) is 16.1. The first-order chi connectivity index (χ1) is 13.3. The summed E-state index contributed by atoms with van der Waals surface area (Å²) in [5.74, 6) is 0.0746. The van der Waals surface area contributed by atoms with Gasteiger partial charge in [0.1, 0.15) is 11.4 Å². The van der Waals surface area contributed by atoms with E-state index in [1.165, 1.54) is 6.20 Å². The third kappa shape index (κ3) is 3.53. The Balaban J connectivity index is 2.07. The maximum Gasteiger partial charge on any atom is 0.307 e. The zero-order chi connectivity index (χ0) is 20.4. The number of aromatic nitrogens is 3. The van der Waals surface area contributed by atoms with E-state index < -0.39 is 18.1 Å². The fourth-order valence-electron chi connectivity index (χ4n) is 3.01. The van der Waals surface area contributed by atoms with Crippen molar-refractivity contribution in [1.82, 2.24) is 15.0 Å². The van der Waals surface area contributed by atoms with Crippen molar-refractivity contribution in [3.63, 3.8) is 0 Å². The monoisotopic (exact) mass is 386 g/mol. The Morgan fingerprint density at radius 2 is 2.07 bits per heavy atom. The van der Waals surface area contributed by atoms with Crippen LogP contribution in [0.15, 0.2) is 12.4 Å². The molecule has 10 nitrogen and oxygen atoms in total. The first-order valence-corrected chi connectivity index (χ1v) is 8.74. The van der Waals surface area contributed by atoms with Crippen molar-refractivity contribution in [1.29, 1.82) is 0 Å². The molecule has 0 spiro atoms. The largest absolute Gasteiger partial charge is 0.496 e. The van der Waals surface area contributed by atoms with Gasteiger partial charge in [0.05, 0.1) is 25.5 Å². The van der Waals surface area contributed by atoms with Crippen LogP contribution in [0.3, 0.4) is 0 Å². The Bertz CT molecular complexity index is 933. The second kappa shape index (κ2) is 7.67. The number of amides is 1. The Morgan fingerprint density at radius 1 is 1.32 bits per heavy atom. The summed E-state index contributed by atoms with van der Waals surface area (Å²) < 4.78 is 10.8. The number of hydrogen-bond donors (Lipinski definition) is 2. The summed E-state index contributed by atoms with van der Waals surface area (Å²) in [4.78, 5) is 38.6. The third-order valence-electron chi connectivity index (χ3n) is 4.43. The molecule has 1 aliphatic rings. The van der Waals surface area contributed by atoms with Crippen LogP contribution in [-0.4, -0.2) is 40.2 Å². The minimum absolute atomic E-state index is 0.0339. The minimum atomic E-state index is -1.21. The number of pyridine rings is 1. The molecule has 0 aliphatic carbocycles. The normalized spacial score (nSPS) is 15.6. The number of methoxy groups -OCH3 is 1. The van der Waals surface area contributed by atoms with E-state index in [4.69, 9.17) is 15.2 Å². The SMILES string of the molecule is CCC(=O)O[C@@H]1C(=O)Nc2cnc(N)nc2N1Cc1ncc(C)c(OC)c1C. The molecule has 2 aromatic rings. The van der Waals surface area contributed by atoms with Gasteiger partial charge >= 0.3 is 5.97 Å². The van der Waals surface area contributed by atoms with Crippen LogP contribution in [0.4, 0.5) is 17.5 Å². The lowest BCUT2D eigenvalue weighted by Crippen LogP contribution is -2.51. The number of ether oxygens (including phenoxy) is 2. The molecule has 2 aromatic heterocycles. The second-order valence-electron chi connectivity index (χ2n) is 6.32. The smallest absolute Gasteiger partial charge is 0.307 e. The van der Waals surface area contributed by atoms with Gasteiger partial charge in [-0.3, -0.25) is 14.6 Å². The topological polar surface area (TPSA) is 133 Å². The molecule has 0 saturated carbocycles. The van der Waals surface area contributed by atoms with Crippen LogP contribution in [0.5, 0.6) is 5.75 Å². The van der Waals surface area contributed by atoms with Crippen LogP contribution < -0.4 is 20.7 Å². The van der Waals surface area contributed by atoms with Crippen molar-refractivity contribution in [3.8, 4) is 5.75 Å². The molecule has 28 heavy (non-hydrogen) atoms. The highest BCUT2D eigenvalue weighted by Crippen LogP contribution is 2.33. The van der Waals surface area contributed by atoms with Crippen molar-refractivity contribution in [3.05, 3.63) is 29.2 Å². The molecule has 1 amide bonds. The molecule has 0 fully saturated rings. The summed E-state index contributed by atoms with van der Waals surface area (Å²) in [6.07, 6.45) is 2.03. The first-order valence-electron chi connectivity index (χ1n) is 8.74. The van der Waals surface area contributed by atoms with Gasteiger partial charge in [-0.05, 0) is 13.8 Å². The highest BCUT2D eigenvalue weighted by Gasteiger charge is 2.38. The number of esters is 1. The number of rotatable bonds is 5. The van der Waals surface area contributed by atoms with Crippen LogP contribution in [0.1, 0.15) is 30.2 Å². The summed E-state index contributed by atoms with van der Waals surface area (Å²) >= 11 is 0. The van der Waals surface area contributed by atoms with E-state index in [9.17, 15) is 9.59 Å². The van der Waals surface area contributed by atoms with E-state index in [1.54, 1.807) is 25.1 Å². The van der Waals surface area contributed by atoms with Crippen molar-refractivity contribution in [2.75, 3.05) is 23.1 Å². The average molecular weight is 386 g/mol. The number of anilines is 3. The summed E-state index contributed by atoms with van der Waals surface area (Å²) in [5, 5.41) is 2.65. The van der Waals surface area contributed by atoms with Gasteiger partial charge in [-0.1, -0.05) is 6.92 Å². The van der Waals surface area contributed by atoms with E-state index >= 15 is 0 Å². The molecule has 1 aliphatic heterocycles. The van der Waals surface area contributed by atoms with Gasteiger partial charge in [-0.2, -0.15) is 4.98 Å². The molecule has 148 valence electrons. The second-order valence-corrected chi connectivity index (χ2v) is 6.32. The number of hydrogen-bond acceptors (Lipinski definition) is 9. The maximum absolute atomic E-state index is 12.6. The molecule has 3 heterocycles. The van der Waals surface area contributed by atoms with E-state index in [-0.39, 0.29) is 18.9 Å². The van der Waals surface area contributed by atoms with Gasteiger partial charge in [0.2, 0.25) is 5.95 Å². The van der Waals surface area contributed by atoms with Crippen molar-refractivity contribution in [2.24, 2.45) is 0 Å². The molecule has 0 unspecified atom stereocenters. The molecule has 3 N–H and O–H groups in total. The summed E-state index contributed by atoms with van der Waals surface area (Å²) in [7, 11) is 1.59. The van der Waals surface area contributed by atoms with Gasteiger partial charge in [0.25, 0.3) is 12.1 Å². The van der Waals surface area contributed by atoms with E-state index in [2.05, 4.69) is 20.3 Å². The Labute approximate surface area is 162 Å². The summed E-state index contributed by atoms with van der Waals surface area (Å²) in [6, 6.07) is 0. The van der Waals surface area contributed by atoms with Gasteiger partial charge < -0.3 is 25.4 Å². The number of nitrogens with zero attached hydrogens (tertiary/aromatic N) is 4. The van der Waals surface area contributed by atoms with E-state index in [0.29, 0.717) is 22.9 Å². The first kappa shape index (κ1) is 19.3. The third-order valence-corrected chi connectivity index (χ3v) is 4.43. The predicted octanol–water partition coefficient (Wildman–Crippen LogP) is 1.32. The van der Waals surface area contributed by atoms with Gasteiger partial charge in [0.15, 0.2) is 5.82 Å². The molecule has 10 heteroatoms. The Kier molecular flexibility index (Phi) is 5.30. The summed E-state index contributed by atoms with van der Waals surface area (Å²) in [5.41, 5.74) is 8.47. The molecule has 1 atom stereocenters. The lowest BCUT2D eigenvalue weighted by Gasteiger charge is -2.36. The zero-order valence-corrected chi connectivity index (χ0v) is 16.1. The van der Waals surface area contributed by atoms with E-state index in [1.807, 2.05) is 13.8 Å². The molecular formula is C18H22N6O4. The fraction of sp³-hybridized carbons (Fsp3) is 0.389. The fourth-order valence-corrected chi connectivity index (χ4v) is 3.01. The maximum atomic E-state index is 12.6. The van der Waals surface area contributed by atoms with Crippen molar-refractivity contribution < 1.29 is 19.1 Å². The van der Waals surface area contributed by atoms with Crippen LogP contribution in [0.25, 0.3) is 0 Å². The quantitative estimate of drug-likeness (QED) is 0.730. The lowest BCUT2D eigenvalue weighted by molar-refractivity contribution is -0.154. The van der Waals surface area contributed by atoms with Crippen molar-refractivity contribution >= 4 is 29.3 Å². The summed E-state index contributed by atoms with van der Waals surface area (Å²) in [6.45, 7) is 5.57. The van der Waals surface area contributed by atoms with Crippen LogP contribution >= 0.6 is 0 Å². The molecule has 0 bridgehead atoms. The van der Waals surface area contributed by atoms with E-state index in [0.717, 1.165) is 11.1 Å². The van der Waals surface area contributed by atoms with Gasteiger partial charge in [-0.15, -0.1) is 0 Å². The highest BCUT2D eigenvalue weighted by molar-refractivity contribution is 6.02. The van der Waals surface area contributed by atoms with Crippen LogP contribution in [0.2, 0.25) is 0 Å². The standard InChI is InChI=1S/C18H22N6O4/c1-5-13(25)28-17-16(26)22-11-7-21-18(19)23-15(11)24(17)8-12-10(3)14(27-4)9(2)6-20-12/h6-7,17H,5,8H2,1-4H3,(H,22,26)(H2,19,21,23)/t17-/m1/s1. The lowest BCUT2D eigenvalue weighted by atomic mass is 10.1. The van der Waals surface area contributed by atoms with Crippen molar-refractivity contribution in [2.45, 2.75) is 40.0 Å². The van der Waals surface area contributed by atoms with Gasteiger partial charge in [-0.25, -0.2) is 4.98 Å². The van der Waals surface area contributed by atoms with Crippen LogP contribution in [0, 0.1) is 13.8 Å².